The van der Waals surface area contributed by atoms with Gasteiger partial charge in [-0.25, -0.2) is 0 Å². The van der Waals surface area contributed by atoms with Crippen molar-refractivity contribution in [2.24, 2.45) is 0 Å². The second-order valence-corrected chi connectivity index (χ2v) is 4.92. The Kier molecular flexibility index (Phi) is 5.47. The Bertz CT molecular complexity index is 516. The predicted molar refractivity (Wildman–Crippen MR) is 83.5 cm³/mol. The molecule has 0 bridgehead atoms. The van der Waals surface area contributed by atoms with Crippen molar-refractivity contribution in [3.8, 4) is 18.1 Å². The first kappa shape index (κ1) is 15.2. The highest BCUT2D eigenvalue weighted by molar-refractivity contribution is 5.78. The van der Waals surface area contributed by atoms with E-state index in [-0.39, 0.29) is 5.91 Å². The Labute approximate surface area is 125 Å². The quantitative estimate of drug-likeness (QED) is 0.804. The number of carbonyl (C=O) groups is 1. The summed E-state index contributed by atoms with van der Waals surface area (Å²) >= 11 is 0. The van der Waals surface area contributed by atoms with Crippen molar-refractivity contribution in [1.29, 1.82) is 0 Å². The van der Waals surface area contributed by atoms with Crippen molar-refractivity contribution in [2.75, 3.05) is 51.3 Å². The van der Waals surface area contributed by atoms with Crippen LogP contribution in [0.2, 0.25) is 0 Å². The van der Waals surface area contributed by atoms with Crippen LogP contribution in [0.25, 0.3) is 0 Å². The fourth-order valence-corrected chi connectivity index (χ4v) is 2.45. The molecule has 2 rings (SSSR count). The van der Waals surface area contributed by atoms with Gasteiger partial charge in [-0.1, -0.05) is 18.1 Å². The molecule has 1 amide bonds. The van der Waals surface area contributed by atoms with E-state index < -0.39 is 0 Å². The van der Waals surface area contributed by atoms with Crippen molar-refractivity contribution >= 4 is 11.6 Å². The van der Waals surface area contributed by atoms with Gasteiger partial charge in [-0.2, -0.15) is 0 Å². The van der Waals surface area contributed by atoms with Gasteiger partial charge in [-0.3, -0.25) is 9.69 Å². The van der Waals surface area contributed by atoms with Crippen molar-refractivity contribution < 1.29 is 9.53 Å². The van der Waals surface area contributed by atoms with Gasteiger partial charge in [0.05, 0.1) is 25.9 Å². The lowest BCUT2D eigenvalue weighted by Gasteiger charge is -2.36. The van der Waals surface area contributed by atoms with Gasteiger partial charge in [0.1, 0.15) is 5.75 Å². The highest BCUT2D eigenvalue weighted by Gasteiger charge is 2.20. The summed E-state index contributed by atoms with van der Waals surface area (Å²) in [6, 6.07) is 8.01. The molecule has 0 spiro atoms. The predicted octanol–water partition coefficient (Wildman–Crippen LogP) is 0.567. The second kappa shape index (κ2) is 7.55. The second-order valence-electron chi connectivity index (χ2n) is 4.92. The average Bonchev–Trinajstić information content (AvgIpc) is 2.53. The molecule has 1 heterocycles. The average molecular weight is 287 g/mol. The van der Waals surface area contributed by atoms with Gasteiger partial charge in [0.25, 0.3) is 0 Å². The Morgan fingerprint density at radius 3 is 2.71 bits per heavy atom. The number of para-hydroxylation sites is 2. The van der Waals surface area contributed by atoms with E-state index in [9.17, 15) is 4.79 Å². The molecule has 1 aliphatic heterocycles. The lowest BCUT2D eigenvalue weighted by atomic mass is 10.2. The van der Waals surface area contributed by atoms with Crippen molar-refractivity contribution in [3.05, 3.63) is 24.3 Å². The molecule has 0 atom stereocenters. The molecule has 1 aromatic rings. The number of anilines is 1. The van der Waals surface area contributed by atoms with E-state index in [0.29, 0.717) is 13.1 Å². The zero-order valence-electron chi connectivity index (χ0n) is 12.3. The number of terminal acetylenes is 1. The van der Waals surface area contributed by atoms with Gasteiger partial charge < -0.3 is 15.0 Å². The van der Waals surface area contributed by atoms with Crippen LogP contribution in [0.15, 0.2) is 24.3 Å². The third-order valence-corrected chi connectivity index (χ3v) is 3.55. The zero-order valence-corrected chi connectivity index (χ0v) is 12.3. The Morgan fingerprint density at radius 2 is 2.05 bits per heavy atom. The van der Waals surface area contributed by atoms with Crippen molar-refractivity contribution in [3.63, 3.8) is 0 Å². The highest BCUT2D eigenvalue weighted by atomic mass is 16.5. The molecule has 5 heteroatoms. The van der Waals surface area contributed by atoms with Gasteiger partial charge >= 0.3 is 0 Å². The first-order valence-corrected chi connectivity index (χ1v) is 7.05. The maximum absolute atomic E-state index is 11.6. The summed E-state index contributed by atoms with van der Waals surface area (Å²) in [7, 11) is 1.69. The van der Waals surface area contributed by atoms with E-state index in [4.69, 9.17) is 11.2 Å². The number of rotatable bonds is 5. The molecule has 1 saturated heterocycles. The number of piperazine rings is 1. The van der Waals surface area contributed by atoms with Crippen molar-refractivity contribution in [1.82, 2.24) is 10.2 Å². The largest absolute Gasteiger partial charge is 0.495 e. The zero-order chi connectivity index (χ0) is 15.1. The summed E-state index contributed by atoms with van der Waals surface area (Å²) in [5.74, 6) is 3.28. The maximum atomic E-state index is 11.6. The maximum Gasteiger partial charge on any atom is 0.234 e. The van der Waals surface area contributed by atoms with E-state index in [2.05, 4.69) is 27.1 Å². The van der Waals surface area contributed by atoms with E-state index in [1.165, 1.54) is 0 Å². The van der Waals surface area contributed by atoms with Crippen molar-refractivity contribution in [2.45, 2.75) is 0 Å². The lowest BCUT2D eigenvalue weighted by Crippen LogP contribution is -2.49. The number of nitrogens with one attached hydrogen (secondary N) is 1. The summed E-state index contributed by atoms with van der Waals surface area (Å²) in [5.41, 5.74) is 1.11. The fraction of sp³-hybridized carbons (Fsp3) is 0.438. The molecule has 0 aliphatic carbocycles. The van der Waals surface area contributed by atoms with Crippen LogP contribution in [0.3, 0.4) is 0 Å². The third-order valence-electron chi connectivity index (χ3n) is 3.55. The smallest absolute Gasteiger partial charge is 0.234 e. The Hall–Kier alpha value is -2.19. The summed E-state index contributed by atoms with van der Waals surface area (Å²) in [4.78, 5) is 16.1. The first-order chi connectivity index (χ1) is 10.2. The molecule has 1 aliphatic rings. The minimum atomic E-state index is -0.0151. The van der Waals surface area contributed by atoms with Gasteiger partial charge in [-0.15, -0.1) is 6.42 Å². The summed E-state index contributed by atoms with van der Waals surface area (Å²) in [5, 5.41) is 2.69. The monoisotopic (exact) mass is 287 g/mol. The molecule has 21 heavy (non-hydrogen) atoms. The van der Waals surface area contributed by atoms with Crippen LogP contribution in [0.1, 0.15) is 0 Å². The van der Waals surface area contributed by atoms with Gasteiger partial charge in [0, 0.05) is 26.2 Å². The van der Waals surface area contributed by atoms with E-state index >= 15 is 0 Å². The molecule has 0 aromatic heterocycles. The van der Waals surface area contributed by atoms with Gasteiger partial charge in [-0.05, 0) is 12.1 Å². The fourth-order valence-electron chi connectivity index (χ4n) is 2.45. The van der Waals surface area contributed by atoms with Crippen LogP contribution in [0.4, 0.5) is 5.69 Å². The number of carbonyl (C=O) groups excluding carboxylic acids is 1. The Morgan fingerprint density at radius 1 is 1.33 bits per heavy atom. The SMILES string of the molecule is C#CCNC(=O)CN1CCN(c2ccccc2OC)CC1. The van der Waals surface area contributed by atoms with Gasteiger partial charge in [0.2, 0.25) is 5.91 Å². The molecule has 5 nitrogen and oxygen atoms in total. The van der Waals surface area contributed by atoms with Crippen LogP contribution < -0.4 is 15.0 Å². The van der Waals surface area contributed by atoms with E-state index in [1.54, 1.807) is 7.11 Å². The van der Waals surface area contributed by atoms with Gasteiger partial charge in [0.15, 0.2) is 0 Å². The minimum Gasteiger partial charge on any atom is -0.495 e. The number of benzene rings is 1. The van der Waals surface area contributed by atoms with E-state index in [1.807, 2.05) is 18.2 Å². The molecule has 0 radical (unpaired) electrons. The number of nitrogens with zero attached hydrogens (tertiary/aromatic N) is 2. The molecule has 1 N–H and O–H groups in total. The lowest BCUT2D eigenvalue weighted by molar-refractivity contribution is -0.122. The number of ether oxygens (including phenoxy) is 1. The summed E-state index contributed by atoms with van der Waals surface area (Å²) in [6.07, 6.45) is 5.12. The molecule has 1 aromatic carbocycles. The minimum absolute atomic E-state index is 0.0151. The van der Waals surface area contributed by atoms with Crippen LogP contribution in [-0.2, 0) is 4.79 Å². The normalized spacial score (nSPS) is 15.3. The third kappa shape index (κ3) is 4.14. The summed E-state index contributed by atoms with van der Waals surface area (Å²) in [6.45, 7) is 4.15. The summed E-state index contributed by atoms with van der Waals surface area (Å²) < 4.78 is 5.40. The Balaban J connectivity index is 1.86. The number of hydrogen-bond donors (Lipinski definition) is 1. The molecule has 0 unspecified atom stereocenters. The van der Waals surface area contributed by atoms with E-state index in [0.717, 1.165) is 37.6 Å². The number of hydrogen-bond acceptors (Lipinski definition) is 4. The topological polar surface area (TPSA) is 44.8 Å². The molecule has 0 saturated carbocycles. The highest BCUT2D eigenvalue weighted by Crippen LogP contribution is 2.28. The van der Waals surface area contributed by atoms with Crippen LogP contribution in [-0.4, -0.2) is 57.2 Å². The molecular formula is C16H21N3O2. The molecule has 112 valence electrons. The number of methoxy groups -OCH3 is 1. The first-order valence-electron chi connectivity index (χ1n) is 7.05. The standard InChI is InChI=1S/C16H21N3O2/c1-3-8-17-16(20)13-18-9-11-19(12-10-18)14-6-4-5-7-15(14)21-2/h1,4-7H,8-13H2,2H3,(H,17,20). The molecular weight excluding hydrogens is 266 g/mol. The van der Waals surface area contributed by atoms with Crippen LogP contribution >= 0.6 is 0 Å². The molecule has 1 fully saturated rings. The number of amides is 1. The van der Waals surface area contributed by atoms with Crippen LogP contribution in [0.5, 0.6) is 5.75 Å². The van der Waals surface area contributed by atoms with Crippen LogP contribution in [0, 0.1) is 12.3 Å².